The van der Waals surface area contributed by atoms with Gasteiger partial charge in [0.15, 0.2) is 0 Å². The highest BCUT2D eigenvalue weighted by molar-refractivity contribution is 9.10. The van der Waals surface area contributed by atoms with Gasteiger partial charge in [0.05, 0.1) is 30.9 Å². The maximum atomic E-state index is 12.9. The van der Waals surface area contributed by atoms with Crippen molar-refractivity contribution in [1.29, 1.82) is 0 Å². The predicted molar refractivity (Wildman–Crippen MR) is 375 cm³/mol. The molecule has 0 spiro atoms. The fourth-order valence-corrected chi connectivity index (χ4v) is 10.0. The van der Waals surface area contributed by atoms with Gasteiger partial charge in [-0.05, 0) is 223 Å². The van der Waals surface area contributed by atoms with Crippen molar-refractivity contribution in [2.24, 2.45) is 5.92 Å². The van der Waals surface area contributed by atoms with Crippen LogP contribution in [0, 0.1) is 29.2 Å². The van der Waals surface area contributed by atoms with Crippen molar-refractivity contribution in [2.45, 2.75) is 198 Å². The first-order chi connectivity index (χ1) is 42.9. The monoisotopic (exact) mass is 1450 g/mol. The number of alkyl halides is 6. The second kappa shape index (κ2) is 43.1. The van der Waals surface area contributed by atoms with E-state index in [4.69, 9.17) is 60.6 Å². The molecule has 7 aromatic rings. The van der Waals surface area contributed by atoms with Crippen molar-refractivity contribution in [1.82, 2.24) is 0 Å². The van der Waals surface area contributed by atoms with Gasteiger partial charge in [-0.25, -0.2) is 17.6 Å². The Hall–Kier alpha value is -5.12. The number of methoxy groups -OCH3 is 1. The molecule has 0 bridgehead atoms. The Bertz CT molecular complexity index is 3200. The molecule has 518 valence electrons. The third-order valence-corrected chi connectivity index (χ3v) is 14.8. The first-order valence-electron chi connectivity index (χ1n) is 30.7. The van der Waals surface area contributed by atoms with Crippen LogP contribution in [0.3, 0.4) is 0 Å². The Morgan fingerprint density at radius 2 is 0.731 bits per heavy atom. The van der Waals surface area contributed by atoms with Gasteiger partial charge < -0.3 is 14.2 Å². The maximum Gasteiger partial charge on any atom is 0.416 e. The normalized spacial score (nSPS) is 11.1. The van der Waals surface area contributed by atoms with Gasteiger partial charge in [-0.3, -0.25) is 0 Å². The molecule has 7 aromatic carbocycles. The zero-order chi connectivity index (χ0) is 72.0. The molecule has 0 N–H and O–H groups in total. The summed E-state index contributed by atoms with van der Waals surface area (Å²) in [6, 6.07) is 31.9. The minimum absolute atomic E-state index is 0.00944. The molecule has 7 rings (SSSR count). The topological polar surface area (TPSA) is 27.7 Å². The first kappa shape index (κ1) is 87.9. The Kier molecular flexibility index (Phi) is 40.8. The highest BCUT2D eigenvalue weighted by Gasteiger charge is 2.32. The molecule has 0 saturated carbocycles. The molecular formula is C75H95BrCl4F10O3. The maximum absolute atomic E-state index is 12.9. The third-order valence-electron chi connectivity index (χ3n) is 12.7. The van der Waals surface area contributed by atoms with Crippen molar-refractivity contribution >= 4 is 62.3 Å². The van der Waals surface area contributed by atoms with Gasteiger partial charge in [-0.2, -0.15) is 26.3 Å². The van der Waals surface area contributed by atoms with Gasteiger partial charge in [0, 0.05) is 30.1 Å². The van der Waals surface area contributed by atoms with E-state index >= 15 is 0 Å². The summed E-state index contributed by atoms with van der Waals surface area (Å²) in [7, 11) is 1.66. The van der Waals surface area contributed by atoms with Crippen LogP contribution in [-0.2, 0) is 12.4 Å². The van der Waals surface area contributed by atoms with E-state index in [0.717, 1.165) is 89.7 Å². The van der Waals surface area contributed by atoms with Crippen LogP contribution in [0.5, 0.6) is 17.2 Å². The fourth-order valence-electron chi connectivity index (χ4n) is 7.97. The van der Waals surface area contributed by atoms with Crippen molar-refractivity contribution in [3.8, 4) is 17.2 Å². The second-order valence-corrected chi connectivity index (χ2v) is 26.9. The fraction of sp³-hybridized carbons (Fsp3) is 0.440. The summed E-state index contributed by atoms with van der Waals surface area (Å²) in [6.07, 6.45) is -8.35. The quantitative estimate of drug-likeness (QED) is 0.114. The second-order valence-electron chi connectivity index (χ2n) is 24.4. The van der Waals surface area contributed by atoms with E-state index in [1.165, 1.54) is 42.5 Å². The van der Waals surface area contributed by atoms with E-state index in [-0.39, 0.29) is 47.0 Å². The number of halogens is 15. The van der Waals surface area contributed by atoms with Crippen molar-refractivity contribution in [3.63, 3.8) is 0 Å². The molecule has 0 amide bonds. The van der Waals surface area contributed by atoms with Crippen molar-refractivity contribution in [2.75, 3.05) is 13.7 Å². The molecule has 0 radical (unpaired) electrons. The molecule has 3 nitrogen and oxygen atoms in total. The lowest BCUT2D eigenvalue weighted by Crippen LogP contribution is -2.06. The molecule has 0 heterocycles. The van der Waals surface area contributed by atoms with Crippen LogP contribution in [-0.4, -0.2) is 19.8 Å². The Balaban J connectivity index is 0.00000105. The van der Waals surface area contributed by atoms with E-state index in [1.54, 1.807) is 34.8 Å². The molecule has 0 aliphatic carbocycles. The lowest BCUT2D eigenvalue weighted by Gasteiger charge is -2.13. The summed E-state index contributed by atoms with van der Waals surface area (Å²) in [5, 5.41) is 2.83. The summed E-state index contributed by atoms with van der Waals surface area (Å²) in [5.74, 6) is 3.17. The van der Waals surface area contributed by atoms with E-state index in [1.807, 2.05) is 103 Å². The van der Waals surface area contributed by atoms with Gasteiger partial charge in [0.25, 0.3) is 0 Å². The van der Waals surface area contributed by atoms with E-state index in [0.29, 0.717) is 46.1 Å². The summed E-state index contributed by atoms with van der Waals surface area (Å²) in [4.78, 5) is 0. The number of hydrogen-bond donors (Lipinski definition) is 0. The molecule has 0 aliphatic heterocycles. The SMILES string of the molecule is CC(C)C.CC(C)Oc1ccc(Cl)c(C(C)C)c1.CC(C)c1c(F)cccc1F.CC(C)c1cc(C(F)(F)F)ccc1Br.CC(C)c1cc(C(F)(F)F)ccc1Cl.CC(C)c1cc(F)ccc1F.CCOc1ccc(Cl)c(C(C)C)c1.COc1ccc(Cl)c(C(C)C)c1. The van der Waals surface area contributed by atoms with Crippen LogP contribution in [0.2, 0.25) is 20.1 Å². The first-order valence-corrected chi connectivity index (χ1v) is 33.1. The largest absolute Gasteiger partial charge is 0.497 e. The zero-order valence-corrected chi connectivity index (χ0v) is 62.0. The number of ether oxygens (including phenoxy) is 3. The molecule has 0 saturated heterocycles. The Morgan fingerprint density at radius 1 is 0.387 bits per heavy atom. The standard InChI is InChI=1S/C12H17ClO.C11H15ClO.C10H10BrF3.C10H10ClF3.C10H13ClO.2C9H10F2.C4H10/c1-8(2)11-7-10(14-9(3)4)5-6-12(11)13;1-4-13-9-5-6-11(12)10(7-9)8(2)3;2*1-6(2)8-5-7(10(12,13)14)3-4-9(8)11;1-7(2)9-6-8(12-3)4-5-10(9)11;1-6(2)8-5-7(10)3-4-9(8)11;1-6(2)9-7(10)4-3-5-8(9)11;1-4(2)3/h5-9H,1-4H3;5-8H,4H2,1-3H3;2*3-6H,1-2H3;4-7H,1-3H3;2*3-6H,1-2H3;4H,1-3H3. The average Bonchev–Trinajstić information content (AvgIpc) is 1.17. The molecule has 0 aromatic heterocycles. The van der Waals surface area contributed by atoms with E-state index < -0.39 is 35.1 Å². The smallest absolute Gasteiger partial charge is 0.416 e. The van der Waals surface area contributed by atoms with Crippen LogP contribution in [0.15, 0.2) is 132 Å². The van der Waals surface area contributed by atoms with Crippen molar-refractivity contribution < 1.29 is 58.1 Å². The van der Waals surface area contributed by atoms with Crippen LogP contribution >= 0.6 is 62.3 Å². The van der Waals surface area contributed by atoms with Gasteiger partial charge in [-0.15, -0.1) is 0 Å². The number of rotatable bonds is 12. The predicted octanol–water partition coefficient (Wildman–Crippen LogP) is 28.5. The Morgan fingerprint density at radius 3 is 1.08 bits per heavy atom. The molecular weight excluding hydrogens is 1360 g/mol. The zero-order valence-electron chi connectivity index (χ0n) is 57.4. The van der Waals surface area contributed by atoms with Gasteiger partial charge in [0.2, 0.25) is 0 Å². The summed E-state index contributed by atoms with van der Waals surface area (Å²) in [6.45, 7) is 40.5. The molecule has 0 atom stereocenters. The van der Waals surface area contributed by atoms with Gasteiger partial charge >= 0.3 is 12.4 Å². The van der Waals surface area contributed by atoms with E-state index in [2.05, 4.69) is 78.2 Å². The minimum Gasteiger partial charge on any atom is -0.497 e. The van der Waals surface area contributed by atoms with Crippen LogP contribution in [0.25, 0.3) is 0 Å². The van der Waals surface area contributed by atoms with Crippen molar-refractivity contribution in [3.05, 3.63) is 225 Å². The average molecular weight is 1460 g/mol. The van der Waals surface area contributed by atoms with Crippen LogP contribution in [0.1, 0.15) is 230 Å². The summed E-state index contributed by atoms with van der Waals surface area (Å²) in [5.41, 5.74) is 4.00. The molecule has 0 unspecified atom stereocenters. The highest BCUT2D eigenvalue weighted by Crippen LogP contribution is 2.37. The lowest BCUT2D eigenvalue weighted by atomic mass is 10.0. The summed E-state index contributed by atoms with van der Waals surface area (Å²) < 4.78 is 142. The minimum atomic E-state index is -4.30. The molecule has 0 aliphatic rings. The third kappa shape index (κ3) is 33.9. The number of hydrogen-bond acceptors (Lipinski definition) is 3. The lowest BCUT2D eigenvalue weighted by molar-refractivity contribution is -0.138. The number of benzene rings is 7. The summed E-state index contributed by atoms with van der Waals surface area (Å²) >= 11 is 27.1. The van der Waals surface area contributed by atoms with Gasteiger partial charge in [-0.1, -0.05) is 186 Å². The van der Waals surface area contributed by atoms with Gasteiger partial charge in [0.1, 0.15) is 40.5 Å². The van der Waals surface area contributed by atoms with Crippen LogP contribution < -0.4 is 14.2 Å². The highest BCUT2D eigenvalue weighted by atomic mass is 79.9. The van der Waals surface area contributed by atoms with Crippen LogP contribution in [0.4, 0.5) is 43.9 Å². The molecule has 18 heteroatoms. The molecule has 0 fully saturated rings. The van der Waals surface area contributed by atoms with E-state index in [9.17, 15) is 43.9 Å². The molecule has 93 heavy (non-hydrogen) atoms. The Labute approximate surface area is 577 Å².